The van der Waals surface area contributed by atoms with Crippen molar-refractivity contribution in [2.24, 2.45) is 0 Å². The van der Waals surface area contributed by atoms with Crippen molar-refractivity contribution in [3.05, 3.63) is 40.3 Å². The van der Waals surface area contributed by atoms with E-state index in [1.165, 1.54) is 0 Å². The molecule has 21 heavy (non-hydrogen) atoms. The van der Waals surface area contributed by atoms with E-state index in [1.54, 1.807) is 16.2 Å². The highest BCUT2D eigenvalue weighted by Gasteiger charge is 2.19. The average Bonchev–Trinajstić information content (AvgIpc) is 3.18. The third kappa shape index (κ3) is 3.33. The quantitative estimate of drug-likeness (QED) is 0.941. The summed E-state index contributed by atoms with van der Waals surface area (Å²) in [5.74, 6) is -0.0243. The van der Waals surface area contributed by atoms with Crippen LogP contribution in [0.5, 0.6) is 0 Å². The molecule has 3 rings (SSSR count). The van der Waals surface area contributed by atoms with Crippen molar-refractivity contribution in [3.63, 3.8) is 0 Å². The minimum absolute atomic E-state index is 0.0243. The second-order valence-electron chi connectivity index (χ2n) is 5.47. The monoisotopic (exact) mass is 304 g/mol. The first kappa shape index (κ1) is 14.3. The van der Waals surface area contributed by atoms with E-state index < -0.39 is 0 Å². The Morgan fingerprint density at radius 3 is 3.19 bits per heavy atom. The third-order valence-electron chi connectivity index (χ3n) is 3.82. The van der Waals surface area contributed by atoms with Gasteiger partial charge in [0.2, 0.25) is 0 Å². The van der Waals surface area contributed by atoms with Crippen molar-refractivity contribution in [2.45, 2.75) is 25.4 Å². The van der Waals surface area contributed by atoms with Crippen LogP contribution in [0, 0.1) is 0 Å². The molecule has 5 nitrogen and oxygen atoms in total. The molecule has 0 spiro atoms. The summed E-state index contributed by atoms with van der Waals surface area (Å²) in [6, 6.07) is 4.23. The summed E-state index contributed by atoms with van der Waals surface area (Å²) in [5.41, 5.74) is 1.69. The molecular formula is C15H20N4OS. The second kappa shape index (κ2) is 6.41. The van der Waals surface area contributed by atoms with Crippen molar-refractivity contribution in [2.75, 3.05) is 20.1 Å². The van der Waals surface area contributed by atoms with Gasteiger partial charge in [0.1, 0.15) is 5.69 Å². The Kier molecular flexibility index (Phi) is 4.36. The van der Waals surface area contributed by atoms with Crippen LogP contribution >= 0.6 is 11.3 Å². The molecule has 1 saturated heterocycles. The first-order valence-corrected chi connectivity index (χ1v) is 8.21. The number of carbonyl (C=O) groups is 1. The van der Waals surface area contributed by atoms with Gasteiger partial charge in [-0.2, -0.15) is 16.4 Å². The van der Waals surface area contributed by atoms with Crippen molar-refractivity contribution in [3.8, 4) is 0 Å². The number of hydrogen-bond donors (Lipinski definition) is 1. The molecule has 112 valence electrons. The maximum Gasteiger partial charge on any atom is 0.274 e. The van der Waals surface area contributed by atoms with Crippen LogP contribution in [0.15, 0.2) is 29.1 Å². The van der Waals surface area contributed by atoms with Crippen molar-refractivity contribution < 1.29 is 4.79 Å². The summed E-state index contributed by atoms with van der Waals surface area (Å²) in [4.78, 5) is 14.1. The van der Waals surface area contributed by atoms with Gasteiger partial charge in [-0.05, 0) is 47.8 Å². The fourth-order valence-corrected chi connectivity index (χ4v) is 3.30. The number of rotatable bonds is 4. The number of aromatic nitrogens is 2. The van der Waals surface area contributed by atoms with Gasteiger partial charge in [-0.1, -0.05) is 0 Å². The molecular weight excluding hydrogens is 284 g/mol. The van der Waals surface area contributed by atoms with E-state index in [4.69, 9.17) is 0 Å². The van der Waals surface area contributed by atoms with E-state index in [1.807, 2.05) is 35.4 Å². The van der Waals surface area contributed by atoms with E-state index in [0.29, 0.717) is 18.3 Å². The van der Waals surface area contributed by atoms with E-state index in [9.17, 15) is 4.79 Å². The molecule has 0 aliphatic carbocycles. The minimum atomic E-state index is -0.0243. The number of carbonyl (C=O) groups excluding carboxylic acids is 1. The number of nitrogens with one attached hydrogen (secondary N) is 1. The summed E-state index contributed by atoms with van der Waals surface area (Å²) in [6.07, 6.45) is 4.20. The number of amides is 1. The van der Waals surface area contributed by atoms with E-state index in [0.717, 1.165) is 31.5 Å². The third-order valence-corrected chi connectivity index (χ3v) is 4.55. The Hall–Kier alpha value is -1.66. The summed E-state index contributed by atoms with van der Waals surface area (Å²) >= 11 is 1.65. The van der Waals surface area contributed by atoms with E-state index >= 15 is 0 Å². The number of piperidine rings is 1. The van der Waals surface area contributed by atoms with Gasteiger partial charge in [0.25, 0.3) is 5.91 Å². The van der Waals surface area contributed by atoms with Gasteiger partial charge in [-0.3, -0.25) is 9.48 Å². The highest BCUT2D eigenvalue weighted by atomic mass is 32.1. The SMILES string of the molecule is CN(Cc1ccsc1)C(=O)c1ccn([C@@H]2CCCNC2)n1. The Morgan fingerprint density at radius 2 is 2.48 bits per heavy atom. The Labute approximate surface area is 128 Å². The average molecular weight is 304 g/mol. The molecule has 1 fully saturated rings. The minimum Gasteiger partial charge on any atom is -0.336 e. The standard InChI is InChI=1S/C15H20N4OS/c1-18(10-12-5-8-21-11-12)15(20)14-4-7-19(17-14)13-3-2-6-16-9-13/h4-5,7-8,11,13,16H,2-3,6,9-10H2,1H3/t13-/m1/s1. The lowest BCUT2D eigenvalue weighted by atomic mass is 10.1. The van der Waals surface area contributed by atoms with Crippen LogP contribution in [-0.2, 0) is 6.54 Å². The molecule has 2 aromatic heterocycles. The van der Waals surface area contributed by atoms with Crippen LogP contribution in [0.2, 0.25) is 0 Å². The van der Waals surface area contributed by atoms with Crippen molar-refractivity contribution in [1.29, 1.82) is 0 Å². The van der Waals surface area contributed by atoms with Crippen LogP contribution in [0.3, 0.4) is 0 Å². The molecule has 1 N–H and O–H groups in total. The van der Waals surface area contributed by atoms with Crippen LogP contribution in [-0.4, -0.2) is 40.7 Å². The molecule has 0 bridgehead atoms. The lowest BCUT2D eigenvalue weighted by Gasteiger charge is -2.23. The molecule has 0 saturated carbocycles. The van der Waals surface area contributed by atoms with E-state index in [-0.39, 0.29) is 5.91 Å². The lowest BCUT2D eigenvalue weighted by molar-refractivity contribution is 0.0778. The molecule has 0 aromatic carbocycles. The predicted molar refractivity (Wildman–Crippen MR) is 83.5 cm³/mol. The summed E-state index contributed by atoms with van der Waals surface area (Å²) in [7, 11) is 1.82. The van der Waals surface area contributed by atoms with Crippen LogP contribution in [0.4, 0.5) is 0 Å². The van der Waals surface area contributed by atoms with Crippen LogP contribution in [0.25, 0.3) is 0 Å². The Balaban J connectivity index is 1.65. The highest BCUT2D eigenvalue weighted by Crippen LogP contribution is 2.16. The molecule has 0 unspecified atom stereocenters. The fraction of sp³-hybridized carbons (Fsp3) is 0.467. The van der Waals surface area contributed by atoms with Gasteiger partial charge >= 0.3 is 0 Å². The summed E-state index contributed by atoms with van der Waals surface area (Å²) < 4.78 is 1.93. The molecule has 2 aromatic rings. The normalized spacial score (nSPS) is 18.6. The zero-order chi connectivity index (χ0) is 14.7. The van der Waals surface area contributed by atoms with Gasteiger partial charge in [0.05, 0.1) is 6.04 Å². The Morgan fingerprint density at radius 1 is 1.57 bits per heavy atom. The van der Waals surface area contributed by atoms with Gasteiger partial charge < -0.3 is 10.2 Å². The molecule has 1 atom stereocenters. The lowest BCUT2D eigenvalue weighted by Crippen LogP contribution is -2.32. The topological polar surface area (TPSA) is 50.2 Å². The summed E-state index contributed by atoms with van der Waals surface area (Å²) in [5, 5.41) is 11.9. The van der Waals surface area contributed by atoms with Crippen LogP contribution < -0.4 is 5.32 Å². The smallest absolute Gasteiger partial charge is 0.274 e. The fourth-order valence-electron chi connectivity index (χ4n) is 2.64. The van der Waals surface area contributed by atoms with Gasteiger partial charge in [0, 0.05) is 26.3 Å². The number of thiophene rings is 1. The first-order chi connectivity index (χ1) is 10.2. The van der Waals surface area contributed by atoms with Gasteiger partial charge in [0.15, 0.2) is 0 Å². The first-order valence-electron chi connectivity index (χ1n) is 7.26. The maximum atomic E-state index is 12.4. The molecule has 1 aliphatic heterocycles. The molecule has 0 radical (unpaired) electrons. The molecule has 1 amide bonds. The van der Waals surface area contributed by atoms with Crippen molar-refractivity contribution >= 4 is 17.2 Å². The number of nitrogens with zero attached hydrogens (tertiary/aromatic N) is 3. The molecule has 3 heterocycles. The second-order valence-corrected chi connectivity index (χ2v) is 6.25. The van der Waals surface area contributed by atoms with Crippen molar-refractivity contribution in [1.82, 2.24) is 20.0 Å². The summed E-state index contributed by atoms with van der Waals surface area (Å²) in [6.45, 7) is 2.63. The van der Waals surface area contributed by atoms with Crippen LogP contribution in [0.1, 0.15) is 34.9 Å². The largest absolute Gasteiger partial charge is 0.336 e. The molecule has 1 aliphatic rings. The van der Waals surface area contributed by atoms with Gasteiger partial charge in [-0.15, -0.1) is 0 Å². The predicted octanol–water partition coefficient (Wildman–Crippen LogP) is 2.14. The van der Waals surface area contributed by atoms with E-state index in [2.05, 4.69) is 15.8 Å². The van der Waals surface area contributed by atoms with Gasteiger partial charge in [-0.25, -0.2) is 0 Å². The zero-order valence-electron chi connectivity index (χ0n) is 12.2. The zero-order valence-corrected chi connectivity index (χ0v) is 13.0. The Bertz CT molecular complexity index is 587. The molecule has 6 heteroatoms. The number of hydrogen-bond acceptors (Lipinski definition) is 4. The highest BCUT2D eigenvalue weighted by molar-refractivity contribution is 7.07. The maximum absolute atomic E-state index is 12.4.